The minimum absolute atomic E-state index is 0.251. The predicted octanol–water partition coefficient (Wildman–Crippen LogP) is 3.26. The molecular weight excluding hydrogens is 208 g/mol. The fourth-order valence-electron chi connectivity index (χ4n) is 3.56. The van der Waals surface area contributed by atoms with Crippen molar-refractivity contribution in [2.24, 2.45) is 17.1 Å². The first-order valence-corrected chi connectivity index (χ1v) is 7.22. The average Bonchev–Trinajstić information content (AvgIpc) is 2.69. The van der Waals surface area contributed by atoms with Gasteiger partial charge in [0, 0.05) is 18.1 Å². The molecule has 1 aliphatic rings. The zero-order chi connectivity index (χ0) is 13.3. The van der Waals surface area contributed by atoms with Crippen LogP contribution in [0.5, 0.6) is 0 Å². The minimum atomic E-state index is 0.251. The van der Waals surface area contributed by atoms with Gasteiger partial charge in [-0.05, 0) is 38.1 Å². The summed E-state index contributed by atoms with van der Waals surface area (Å²) in [5, 5.41) is 0. The van der Waals surface area contributed by atoms with Gasteiger partial charge in [-0.2, -0.15) is 0 Å². The van der Waals surface area contributed by atoms with Crippen molar-refractivity contribution in [3.8, 4) is 0 Å². The monoisotopic (exact) mass is 240 g/mol. The van der Waals surface area contributed by atoms with Crippen LogP contribution in [0.15, 0.2) is 0 Å². The molecule has 0 bridgehead atoms. The smallest absolute Gasteiger partial charge is 0.0359 e. The Hall–Kier alpha value is -0.0800. The Labute approximate surface area is 108 Å². The number of hydrogen-bond acceptors (Lipinski definition) is 2. The van der Waals surface area contributed by atoms with E-state index >= 15 is 0 Å². The van der Waals surface area contributed by atoms with Gasteiger partial charge < -0.3 is 5.73 Å². The van der Waals surface area contributed by atoms with E-state index in [-0.39, 0.29) is 5.54 Å². The van der Waals surface area contributed by atoms with Gasteiger partial charge >= 0.3 is 0 Å². The lowest BCUT2D eigenvalue weighted by Crippen LogP contribution is -2.59. The Morgan fingerprint density at radius 1 is 1.41 bits per heavy atom. The largest absolute Gasteiger partial charge is 0.329 e. The summed E-state index contributed by atoms with van der Waals surface area (Å²) in [5.41, 5.74) is 6.74. The van der Waals surface area contributed by atoms with E-state index in [9.17, 15) is 0 Å². The van der Waals surface area contributed by atoms with Gasteiger partial charge in [-0.15, -0.1) is 0 Å². The Morgan fingerprint density at radius 3 is 2.41 bits per heavy atom. The molecule has 2 N–H and O–H groups in total. The number of nitrogens with two attached hydrogens (primary N) is 1. The summed E-state index contributed by atoms with van der Waals surface area (Å²) in [5.74, 6) is 0.780. The second kappa shape index (κ2) is 5.27. The van der Waals surface area contributed by atoms with Gasteiger partial charge in [0.2, 0.25) is 0 Å². The molecule has 0 amide bonds. The van der Waals surface area contributed by atoms with Crippen LogP contribution in [0.3, 0.4) is 0 Å². The van der Waals surface area contributed by atoms with E-state index in [1.165, 1.54) is 25.7 Å². The first-order chi connectivity index (χ1) is 7.79. The van der Waals surface area contributed by atoms with Crippen molar-refractivity contribution in [2.45, 2.75) is 71.9 Å². The molecule has 0 radical (unpaired) electrons. The molecule has 1 rings (SSSR count). The predicted molar refractivity (Wildman–Crippen MR) is 76.1 cm³/mol. The van der Waals surface area contributed by atoms with Gasteiger partial charge in [-0.25, -0.2) is 0 Å². The molecule has 0 saturated heterocycles. The molecule has 0 aromatic carbocycles. The highest BCUT2D eigenvalue weighted by Gasteiger charge is 2.46. The molecule has 102 valence electrons. The summed E-state index contributed by atoms with van der Waals surface area (Å²) < 4.78 is 0. The summed E-state index contributed by atoms with van der Waals surface area (Å²) in [6, 6.07) is 0.568. The van der Waals surface area contributed by atoms with E-state index in [4.69, 9.17) is 5.73 Å². The van der Waals surface area contributed by atoms with Crippen LogP contribution >= 0.6 is 0 Å². The zero-order valence-electron chi connectivity index (χ0n) is 12.7. The third-order valence-corrected chi connectivity index (χ3v) is 5.31. The third kappa shape index (κ3) is 2.68. The number of nitrogens with zero attached hydrogens (tertiary/aromatic N) is 1. The molecule has 0 spiro atoms. The Kier molecular flexibility index (Phi) is 4.65. The van der Waals surface area contributed by atoms with Crippen molar-refractivity contribution in [3.05, 3.63) is 0 Å². The van der Waals surface area contributed by atoms with Crippen molar-refractivity contribution in [1.29, 1.82) is 0 Å². The molecule has 3 unspecified atom stereocenters. The molecule has 1 fully saturated rings. The van der Waals surface area contributed by atoms with Crippen LogP contribution in [-0.4, -0.2) is 30.1 Å². The highest BCUT2D eigenvalue weighted by Crippen LogP contribution is 2.43. The number of likely N-dealkylation sites (N-methyl/N-ethyl adjacent to an activating group) is 1. The highest BCUT2D eigenvalue weighted by molar-refractivity contribution is 5.02. The molecule has 0 aromatic rings. The maximum Gasteiger partial charge on any atom is 0.0359 e. The van der Waals surface area contributed by atoms with Gasteiger partial charge in [-0.1, -0.05) is 40.5 Å². The molecule has 0 aromatic heterocycles. The van der Waals surface area contributed by atoms with Gasteiger partial charge in [0.1, 0.15) is 0 Å². The summed E-state index contributed by atoms with van der Waals surface area (Å²) in [6.07, 6.45) is 5.24. The summed E-state index contributed by atoms with van der Waals surface area (Å²) in [4.78, 5) is 2.59. The van der Waals surface area contributed by atoms with Gasteiger partial charge in [0.05, 0.1) is 0 Å². The van der Waals surface area contributed by atoms with E-state index in [2.05, 4.69) is 46.6 Å². The molecule has 2 nitrogen and oxygen atoms in total. The molecule has 3 atom stereocenters. The van der Waals surface area contributed by atoms with Crippen molar-refractivity contribution >= 4 is 0 Å². The quantitative estimate of drug-likeness (QED) is 0.817. The van der Waals surface area contributed by atoms with Crippen LogP contribution in [0.1, 0.15) is 60.3 Å². The topological polar surface area (TPSA) is 29.3 Å². The van der Waals surface area contributed by atoms with Crippen molar-refractivity contribution in [1.82, 2.24) is 4.90 Å². The van der Waals surface area contributed by atoms with Crippen LogP contribution < -0.4 is 5.73 Å². The third-order valence-electron chi connectivity index (χ3n) is 5.31. The van der Waals surface area contributed by atoms with Gasteiger partial charge in [0.15, 0.2) is 0 Å². The van der Waals surface area contributed by atoms with E-state index in [1.54, 1.807) is 0 Å². The Morgan fingerprint density at radius 2 is 2.00 bits per heavy atom. The van der Waals surface area contributed by atoms with E-state index in [0.29, 0.717) is 11.5 Å². The standard InChI is InChI=1S/C15H32N2/c1-7-13-9-8-10-15(13,11-16)17(6)12(2)14(3,4)5/h12-13H,7-11,16H2,1-6H3. The number of rotatable bonds is 4. The molecule has 1 aliphatic carbocycles. The van der Waals surface area contributed by atoms with Crippen molar-refractivity contribution in [2.75, 3.05) is 13.6 Å². The SMILES string of the molecule is CCC1CCCC1(CN)N(C)C(C)C(C)(C)C. The zero-order valence-corrected chi connectivity index (χ0v) is 12.7. The summed E-state index contributed by atoms with van der Waals surface area (Å²) in [6.45, 7) is 12.5. The molecule has 1 saturated carbocycles. The molecule has 0 aliphatic heterocycles. The Balaban J connectivity index is 2.93. The van der Waals surface area contributed by atoms with Gasteiger partial charge in [0.25, 0.3) is 0 Å². The molecule has 17 heavy (non-hydrogen) atoms. The Bertz CT molecular complexity index is 244. The lowest BCUT2D eigenvalue weighted by Gasteiger charge is -2.49. The normalized spacial score (nSPS) is 32.1. The van der Waals surface area contributed by atoms with Crippen LogP contribution in [0.25, 0.3) is 0 Å². The molecule has 2 heteroatoms. The summed E-state index contributed by atoms with van der Waals surface area (Å²) in [7, 11) is 2.29. The van der Waals surface area contributed by atoms with Crippen LogP contribution in [-0.2, 0) is 0 Å². The van der Waals surface area contributed by atoms with Crippen LogP contribution in [0.4, 0.5) is 0 Å². The maximum absolute atomic E-state index is 6.18. The van der Waals surface area contributed by atoms with Crippen LogP contribution in [0.2, 0.25) is 0 Å². The fourth-order valence-corrected chi connectivity index (χ4v) is 3.56. The average molecular weight is 240 g/mol. The lowest BCUT2D eigenvalue weighted by atomic mass is 9.78. The van der Waals surface area contributed by atoms with E-state index < -0.39 is 0 Å². The van der Waals surface area contributed by atoms with Crippen LogP contribution in [0, 0.1) is 11.3 Å². The molecule has 0 heterocycles. The fraction of sp³-hybridized carbons (Fsp3) is 1.00. The van der Waals surface area contributed by atoms with Crippen molar-refractivity contribution < 1.29 is 0 Å². The highest BCUT2D eigenvalue weighted by atomic mass is 15.2. The first-order valence-electron chi connectivity index (χ1n) is 7.22. The van der Waals surface area contributed by atoms with Crippen molar-refractivity contribution in [3.63, 3.8) is 0 Å². The number of hydrogen-bond donors (Lipinski definition) is 1. The second-order valence-corrected chi connectivity index (χ2v) is 6.96. The lowest BCUT2D eigenvalue weighted by molar-refractivity contribution is 0.00579. The second-order valence-electron chi connectivity index (χ2n) is 6.96. The maximum atomic E-state index is 6.18. The van der Waals surface area contributed by atoms with E-state index in [1.807, 2.05) is 0 Å². The molecular formula is C15H32N2. The summed E-state index contributed by atoms with van der Waals surface area (Å²) >= 11 is 0. The minimum Gasteiger partial charge on any atom is -0.329 e. The first kappa shape index (κ1) is 15.0. The van der Waals surface area contributed by atoms with E-state index in [0.717, 1.165) is 12.5 Å². The van der Waals surface area contributed by atoms with Gasteiger partial charge in [-0.3, -0.25) is 4.90 Å².